The van der Waals surface area contributed by atoms with Gasteiger partial charge in [0.2, 0.25) is 5.91 Å². The van der Waals surface area contributed by atoms with Crippen molar-refractivity contribution in [2.45, 2.75) is 50.7 Å². The third-order valence-electron chi connectivity index (χ3n) is 3.65. The third kappa shape index (κ3) is 2.90. The first-order valence-electron chi connectivity index (χ1n) is 6.46. The summed E-state index contributed by atoms with van der Waals surface area (Å²) in [7, 11) is 0. The predicted octanol–water partition coefficient (Wildman–Crippen LogP) is 0.923. The Kier molecular flexibility index (Phi) is 4.01. The highest BCUT2D eigenvalue weighted by atomic mass is 16.4. The Balaban J connectivity index is 1.99. The fourth-order valence-electron chi connectivity index (χ4n) is 2.68. The minimum absolute atomic E-state index is 0.139. The van der Waals surface area contributed by atoms with Crippen LogP contribution < -0.4 is 0 Å². The lowest BCUT2D eigenvalue weighted by Crippen LogP contribution is -2.40. The maximum Gasteiger partial charge on any atom is 0.326 e. The normalized spacial score (nSPS) is 28.1. The molecule has 1 aliphatic heterocycles. The van der Waals surface area contributed by atoms with Crippen LogP contribution >= 0.6 is 0 Å². The lowest BCUT2D eigenvalue weighted by Gasteiger charge is -2.22. The highest BCUT2D eigenvalue weighted by Crippen LogP contribution is 2.24. The minimum Gasteiger partial charge on any atom is -0.480 e. The van der Waals surface area contributed by atoms with E-state index in [0.29, 0.717) is 6.42 Å². The van der Waals surface area contributed by atoms with Crippen LogP contribution in [0.5, 0.6) is 0 Å². The Morgan fingerprint density at radius 3 is 2.78 bits per heavy atom. The topological polar surface area (TPSA) is 77.8 Å². The average Bonchev–Trinajstić information content (AvgIpc) is 2.73. The van der Waals surface area contributed by atoms with Gasteiger partial charge in [-0.1, -0.05) is 11.6 Å². The molecule has 1 saturated heterocycles. The van der Waals surface area contributed by atoms with Crippen molar-refractivity contribution < 1.29 is 19.8 Å². The van der Waals surface area contributed by atoms with Crippen LogP contribution in [-0.4, -0.2) is 45.7 Å². The number of aliphatic carboxylic acids is 1. The molecule has 2 rings (SSSR count). The van der Waals surface area contributed by atoms with E-state index >= 15 is 0 Å². The first-order chi connectivity index (χ1) is 8.58. The molecule has 0 aromatic carbocycles. The van der Waals surface area contributed by atoms with Crippen molar-refractivity contribution in [3.63, 3.8) is 0 Å². The van der Waals surface area contributed by atoms with Crippen molar-refractivity contribution >= 4 is 11.9 Å². The van der Waals surface area contributed by atoms with Crippen molar-refractivity contribution in [1.82, 2.24) is 4.90 Å². The Morgan fingerprint density at radius 1 is 1.39 bits per heavy atom. The summed E-state index contributed by atoms with van der Waals surface area (Å²) in [6.45, 7) is 0.142. The van der Waals surface area contributed by atoms with E-state index in [4.69, 9.17) is 5.11 Å². The van der Waals surface area contributed by atoms with Gasteiger partial charge in [0, 0.05) is 19.4 Å². The van der Waals surface area contributed by atoms with Crippen molar-refractivity contribution in [2.75, 3.05) is 6.54 Å². The van der Waals surface area contributed by atoms with E-state index < -0.39 is 18.1 Å². The molecular weight excluding hydrogens is 234 g/mol. The Morgan fingerprint density at radius 2 is 2.17 bits per heavy atom. The van der Waals surface area contributed by atoms with E-state index in [0.717, 1.165) is 31.3 Å². The summed E-state index contributed by atoms with van der Waals surface area (Å²) in [4.78, 5) is 24.4. The Labute approximate surface area is 106 Å². The zero-order chi connectivity index (χ0) is 13.1. The molecule has 1 amide bonds. The van der Waals surface area contributed by atoms with Crippen LogP contribution in [0.4, 0.5) is 0 Å². The summed E-state index contributed by atoms with van der Waals surface area (Å²) >= 11 is 0. The second-order valence-electron chi connectivity index (χ2n) is 5.07. The maximum atomic E-state index is 12.1. The van der Waals surface area contributed by atoms with Crippen molar-refractivity contribution in [3.05, 3.63) is 11.6 Å². The van der Waals surface area contributed by atoms with Gasteiger partial charge in [-0.15, -0.1) is 0 Å². The van der Waals surface area contributed by atoms with Gasteiger partial charge in [0.05, 0.1) is 6.10 Å². The van der Waals surface area contributed by atoms with Crippen molar-refractivity contribution in [3.8, 4) is 0 Å². The molecule has 5 nitrogen and oxygen atoms in total. The summed E-state index contributed by atoms with van der Waals surface area (Å²) in [6, 6.07) is -0.864. The van der Waals surface area contributed by atoms with Crippen LogP contribution in [0.2, 0.25) is 0 Å². The summed E-state index contributed by atoms with van der Waals surface area (Å²) in [5.74, 6) is -1.20. The van der Waals surface area contributed by atoms with Crippen LogP contribution in [0, 0.1) is 0 Å². The van der Waals surface area contributed by atoms with Gasteiger partial charge in [-0.2, -0.15) is 0 Å². The van der Waals surface area contributed by atoms with E-state index in [-0.39, 0.29) is 18.9 Å². The zero-order valence-electron chi connectivity index (χ0n) is 10.3. The van der Waals surface area contributed by atoms with Gasteiger partial charge >= 0.3 is 5.97 Å². The summed E-state index contributed by atoms with van der Waals surface area (Å²) in [5.41, 5.74) is 1.11. The van der Waals surface area contributed by atoms with Gasteiger partial charge in [-0.25, -0.2) is 4.79 Å². The number of hydrogen-bond donors (Lipinski definition) is 2. The number of carboxylic acid groups (broad SMARTS) is 1. The molecule has 0 saturated carbocycles. The molecule has 2 N–H and O–H groups in total. The molecule has 100 valence electrons. The number of aliphatic hydroxyl groups is 1. The fourth-order valence-corrected chi connectivity index (χ4v) is 2.68. The van der Waals surface area contributed by atoms with E-state index in [9.17, 15) is 14.7 Å². The average molecular weight is 253 g/mol. The van der Waals surface area contributed by atoms with Gasteiger partial charge < -0.3 is 15.1 Å². The van der Waals surface area contributed by atoms with Gasteiger partial charge in [0.1, 0.15) is 6.04 Å². The number of rotatable bonds is 3. The largest absolute Gasteiger partial charge is 0.480 e. The second-order valence-corrected chi connectivity index (χ2v) is 5.07. The number of carbonyl (C=O) groups is 2. The van der Waals surface area contributed by atoms with Gasteiger partial charge in [0.15, 0.2) is 0 Å². The number of carbonyl (C=O) groups excluding carboxylic acids is 1. The first-order valence-corrected chi connectivity index (χ1v) is 6.46. The van der Waals surface area contributed by atoms with Crippen molar-refractivity contribution in [1.29, 1.82) is 0 Å². The lowest BCUT2D eigenvalue weighted by atomic mass is 9.97. The molecule has 1 aliphatic carbocycles. The molecule has 18 heavy (non-hydrogen) atoms. The number of hydrogen-bond acceptors (Lipinski definition) is 3. The first kappa shape index (κ1) is 13.1. The highest BCUT2D eigenvalue weighted by Gasteiger charge is 2.38. The third-order valence-corrected chi connectivity index (χ3v) is 3.65. The number of amides is 1. The predicted molar refractivity (Wildman–Crippen MR) is 64.9 cm³/mol. The fraction of sp³-hybridized carbons (Fsp3) is 0.692. The molecular formula is C13H19NO4. The molecule has 0 aromatic rings. The van der Waals surface area contributed by atoms with Gasteiger partial charge in [0.25, 0.3) is 0 Å². The van der Waals surface area contributed by atoms with E-state index in [1.807, 2.05) is 0 Å². The molecule has 2 atom stereocenters. The molecule has 0 radical (unpaired) electrons. The number of allylic oxidation sites excluding steroid dienone is 1. The van der Waals surface area contributed by atoms with E-state index in [1.54, 1.807) is 0 Å². The van der Waals surface area contributed by atoms with Crippen LogP contribution in [-0.2, 0) is 9.59 Å². The van der Waals surface area contributed by atoms with Crippen LogP contribution in [0.1, 0.15) is 38.5 Å². The van der Waals surface area contributed by atoms with Crippen LogP contribution in [0.3, 0.4) is 0 Å². The van der Waals surface area contributed by atoms with Crippen molar-refractivity contribution in [2.24, 2.45) is 0 Å². The summed E-state index contributed by atoms with van der Waals surface area (Å²) in [5, 5.41) is 18.5. The molecule has 0 unspecified atom stereocenters. The van der Waals surface area contributed by atoms with Crippen LogP contribution in [0.25, 0.3) is 0 Å². The zero-order valence-corrected chi connectivity index (χ0v) is 10.3. The quantitative estimate of drug-likeness (QED) is 0.733. The second kappa shape index (κ2) is 5.52. The molecule has 2 aliphatic rings. The summed E-state index contributed by atoms with van der Waals surface area (Å²) < 4.78 is 0. The SMILES string of the molecule is O=C(O)[C@H]1C[C@@H](O)CN1C(=O)CC1=CCCCC1. The number of carboxylic acids is 1. The maximum absolute atomic E-state index is 12.1. The number of aliphatic hydroxyl groups excluding tert-OH is 1. The van der Waals surface area contributed by atoms with E-state index in [1.165, 1.54) is 4.90 Å². The molecule has 0 spiro atoms. The molecule has 1 fully saturated rings. The van der Waals surface area contributed by atoms with Gasteiger partial charge in [-0.05, 0) is 25.7 Å². The molecule has 0 bridgehead atoms. The smallest absolute Gasteiger partial charge is 0.326 e. The van der Waals surface area contributed by atoms with Crippen LogP contribution in [0.15, 0.2) is 11.6 Å². The standard InChI is InChI=1S/C13H19NO4/c15-10-7-11(13(17)18)14(8-10)12(16)6-9-4-2-1-3-5-9/h4,10-11,15H,1-3,5-8H2,(H,17,18)/t10-,11-/m1/s1. The lowest BCUT2D eigenvalue weighted by molar-refractivity contribution is -0.148. The van der Waals surface area contributed by atoms with E-state index in [2.05, 4.69) is 6.08 Å². The number of nitrogens with zero attached hydrogens (tertiary/aromatic N) is 1. The highest BCUT2D eigenvalue weighted by molar-refractivity contribution is 5.85. The number of likely N-dealkylation sites (tertiary alicyclic amines) is 1. The minimum atomic E-state index is -1.03. The molecule has 5 heteroatoms. The molecule has 0 aromatic heterocycles. The van der Waals surface area contributed by atoms with Gasteiger partial charge in [-0.3, -0.25) is 4.79 Å². The number of β-amino-alcohol motifs (C(OH)–C–C–N with tert-alkyl or cyclic N) is 1. The Bertz CT molecular complexity index is 377. The summed E-state index contributed by atoms with van der Waals surface area (Å²) in [6.07, 6.45) is 6.02. The monoisotopic (exact) mass is 253 g/mol. The molecule has 1 heterocycles. The Hall–Kier alpha value is -1.36.